The average molecular weight is 411 g/mol. The van der Waals surface area contributed by atoms with Gasteiger partial charge in [0.1, 0.15) is 5.75 Å². The summed E-state index contributed by atoms with van der Waals surface area (Å²) in [4.78, 5) is 18.1. The number of nitrogens with zero attached hydrogens (tertiary/aromatic N) is 5. The molecule has 0 bridgehead atoms. The summed E-state index contributed by atoms with van der Waals surface area (Å²) in [6.07, 6.45) is 4.50. The Balaban J connectivity index is 1.50. The monoisotopic (exact) mass is 410 g/mol. The molecule has 1 saturated heterocycles. The van der Waals surface area contributed by atoms with E-state index in [1.165, 1.54) is 5.56 Å². The number of guanidine groups is 1. The molecule has 1 aromatic heterocycles. The Morgan fingerprint density at radius 2 is 1.80 bits per heavy atom. The standard InChI is InChI=1S/C23H34N6O/c1-4-24-22(28-14-16-29(17-15-28)23-25-11-5-12-26-23)27-13-10-20-6-8-21(9-7-20)30-18-19(2)3/h5-9,11-12,19H,4,10,13-18H2,1-3H3,(H,24,27). The lowest BCUT2D eigenvalue weighted by molar-refractivity contribution is 0.271. The summed E-state index contributed by atoms with van der Waals surface area (Å²) in [7, 11) is 0. The van der Waals surface area contributed by atoms with Gasteiger partial charge < -0.3 is 19.9 Å². The molecule has 0 spiro atoms. The van der Waals surface area contributed by atoms with E-state index in [1.807, 2.05) is 6.07 Å². The first-order valence-corrected chi connectivity index (χ1v) is 10.9. The Morgan fingerprint density at radius 3 is 2.43 bits per heavy atom. The van der Waals surface area contributed by atoms with Gasteiger partial charge in [0.15, 0.2) is 5.96 Å². The van der Waals surface area contributed by atoms with Gasteiger partial charge in [0.25, 0.3) is 0 Å². The lowest BCUT2D eigenvalue weighted by Gasteiger charge is -2.36. The van der Waals surface area contributed by atoms with Gasteiger partial charge in [-0.2, -0.15) is 0 Å². The van der Waals surface area contributed by atoms with Crippen LogP contribution in [0.2, 0.25) is 0 Å². The van der Waals surface area contributed by atoms with Crippen LogP contribution in [0.3, 0.4) is 0 Å². The molecule has 1 aromatic carbocycles. The minimum absolute atomic E-state index is 0.533. The van der Waals surface area contributed by atoms with E-state index in [1.54, 1.807) is 12.4 Å². The summed E-state index contributed by atoms with van der Waals surface area (Å²) >= 11 is 0. The summed E-state index contributed by atoms with van der Waals surface area (Å²) in [5.74, 6) is 3.26. The van der Waals surface area contributed by atoms with E-state index in [0.29, 0.717) is 5.92 Å². The fourth-order valence-corrected chi connectivity index (χ4v) is 3.30. The maximum atomic E-state index is 5.76. The van der Waals surface area contributed by atoms with Crippen molar-refractivity contribution in [3.8, 4) is 5.75 Å². The maximum absolute atomic E-state index is 5.76. The first-order valence-electron chi connectivity index (χ1n) is 10.9. The summed E-state index contributed by atoms with van der Waals surface area (Å²) in [6, 6.07) is 10.2. The van der Waals surface area contributed by atoms with Gasteiger partial charge in [-0.3, -0.25) is 4.99 Å². The zero-order valence-electron chi connectivity index (χ0n) is 18.4. The van der Waals surface area contributed by atoms with Crippen molar-refractivity contribution in [3.05, 3.63) is 48.3 Å². The Kier molecular flexibility index (Phi) is 8.30. The van der Waals surface area contributed by atoms with Crippen LogP contribution in [0, 0.1) is 5.92 Å². The Labute approximate surface area is 180 Å². The molecule has 3 rings (SSSR count). The van der Waals surface area contributed by atoms with E-state index >= 15 is 0 Å². The second kappa shape index (κ2) is 11.4. The van der Waals surface area contributed by atoms with Crippen LogP contribution in [0.5, 0.6) is 5.75 Å². The molecule has 2 heterocycles. The molecule has 0 radical (unpaired) electrons. The molecule has 1 N–H and O–H groups in total. The largest absolute Gasteiger partial charge is 0.493 e. The van der Waals surface area contributed by atoms with Crippen molar-refractivity contribution in [2.24, 2.45) is 10.9 Å². The second-order valence-corrected chi connectivity index (χ2v) is 7.86. The molecule has 1 aliphatic rings. The van der Waals surface area contributed by atoms with Crippen molar-refractivity contribution in [2.45, 2.75) is 27.2 Å². The molecule has 2 aromatic rings. The van der Waals surface area contributed by atoms with Crippen molar-refractivity contribution in [3.63, 3.8) is 0 Å². The third-order valence-corrected chi connectivity index (χ3v) is 4.92. The number of piperazine rings is 1. The molecule has 30 heavy (non-hydrogen) atoms. The third-order valence-electron chi connectivity index (χ3n) is 4.92. The first-order chi connectivity index (χ1) is 14.7. The van der Waals surface area contributed by atoms with Crippen LogP contribution >= 0.6 is 0 Å². The minimum Gasteiger partial charge on any atom is -0.493 e. The van der Waals surface area contributed by atoms with Crippen LogP contribution in [0.15, 0.2) is 47.7 Å². The van der Waals surface area contributed by atoms with E-state index in [4.69, 9.17) is 9.73 Å². The molecule has 0 unspecified atom stereocenters. The number of anilines is 1. The molecular weight excluding hydrogens is 376 g/mol. The molecule has 0 amide bonds. The highest BCUT2D eigenvalue weighted by Gasteiger charge is 2.20. The third kappa shape index (κ3) is 6.61. The number of aliphatic imine (C=N–C) groups is 1. The Morgan fingerprint density at radius 1 is 1.10 bits per heavy atom. The minimum atomic E-state index is 0.533. The number of hydrogen-bond donors (Lipinski definition) is 1. The van der Waals surface area contributed by atoms with Gasteiger partial charge in [-0.15, -0.1) is 0 Å². The maximum Gasteiger partial charge on any atom is 0.225 e. The summed E-state index contributed by atoms with van der Waals surface area (Å²) in [5, 5.41) is 3.44. The van der Waals surface area contributed by atoms with Crippen LogP contribution < -0.4 is 15.0 Å². The quantitative estimate of drug-likeness (QED) is 0.533. The van der Waals surface area contributed by atoms with Gasteiger partial charge >= 0.3 is 0 Å². The topological polar surface area (TPSA) is 65.9 Å². The highest BCUT2D eigenvalue weighted by molar-refractivity contribution is 5.80. The number of hydrogen-bond acceptors (Lipinski definition) is 5. The lowest BCUT2D eigenvalue weighted by atomic mass is 10.1. The van der Waals surface area contributed by atoms with Crippen molar-refractivity contribution in [2.75, 3.05) is 50.8 Å². The van der Waals surface area contributed by atoms with E-state index in [9.17, 15) is 0 Å². The molecule has 0 saturated carbocycles. The molecule has 1 fully saturated rings. The predicted octanol–water partition coefficient (Wildman–Crippen LogP) is 2.84. The lowest BCUT2D eigenvalue weighted by Crippen LogP contribution is -2.53. The molecule has 1 aliphatic heterocycles. The number of rotatable bonds is 8. The number of aromatic nitrogens is 2. The van der Waals surface area contributed by atoms with E-state index in [2.05, 4.69) is 70.1 Å². The highest BCUT2D eigenvalue weighted by Crippen LogP contribution is 2.14. The second-order valence-electron chi connectivity index (χ2n) is 7.86. The molecule has 0 atom stereocenters. The smallest absolute Gasteiger partial charge is 0.225 e. The van der Waals surface area contributed by atoms with E-state index in [0.717, 1.165) is 70.0 Å². The van der Waals surface area contributed by atoms with Crippen LogP contribution in [-0.2, 0) is 6.42 Å². The van der Waals surface area contributed by atoms with Crippen LogP contribution in [-0.4, -0.2) is 66.7 Å². The van der Waals surface area contributed by atoms with Crippen molar-refractivity contribution in [1.29, 1.82) is 0 Å². The van der Waals surface area contributed by atoms with E-state index < -0.39 is 0 Å². The van der Waals surface area contributed by atoms with Gasteiger partial charge in [-0.1, -0.05) is 26.0 Å². The zero-order chi connectivity index (χ0) is 21.2. The van der Waals surface area contributed by atoms with Gasteiger partial charge in [0.2, 0.25) is 5.95 Å². The summed E-state index contributed by atoms with van der Waals surface area (Å²) in [6.45, 7) is 12.4. The van der Waals surface area contributed by atoms with Crippen LogP contribution in [0.25, 0.3) is 0 Å². The Bertz CT molecular complexity index is 770. The number of ether oxygens (including phenoxy) is 1. The average Bonchev–Trinajstić information content (AvgIpc) is 2.79. The van der Waals surface area contributed by atoms with Gasteiger partial charge in [-0.25, -0.2) is 9.97 Å². The molecule has 162 valence electrons. The highest BCUT2D eigenvalue weighted by atomic mass is 16.5. The predicted molar refractivity (Wildman–Crippen MR) is 122 cm³/mol. The fraction of sp³-hybridized carbons (Fsp3) is 0.522. The first kappa shape index (κ1) is 21.9. The van der Waals surface area contributed by atoms with Crippen molar-refractivity contribution >= 4 is 11.9 Å². The van der Waals surface area contributed by atoms with E-state index in [-0.39, 0.29) is 0 Å². The summed E-state index contributed by atoms with van der Waals surface area (Å²) in [5.41, 5.74) is 1.28. The molecule has 7 nitrogen and oxygen atoms in total. The van der Waals surface area contributed by atoms with Crippen molar-refractivity contribution < 1.29 is 4.74 Å². The number of benzene rings is 1. The molecule has 0 aliphatic carbocycles. The van der Waals surface area contributed by atoms with Crippen molar-refractivity contribution in [1.82, 2.24) is 20.2 Å². The summed E-state index contributed by atoms with van der Waals surface area (Å²) < 4.78 is 5.76. The molecular formula is C23H34N6O. The van der Waals surface area contributed by atoms with Crippen LogP contribution in [0.1, 0.15) is 26.3 Å². The van der Waals surface area contributed by atoms with Gasteiger partial charge in [0.05, 0.1) is 6.61 Å². The zero-order valence-corrected chi connectivity index (χ0v) is 18.4. The van der Waals surface area contributed by atoms with Gasteiger partial charge in [0, 0.05) is 51.7 Å². The Hall–Kier alpha value is -2.83. The fourth-order valence-electron chi connectivity index (χ4n) is 3.30. The normalized spacial score (nSPS) is 14.9. The van der Waals surface area contributed by atoms with Crippen LogP contribution in [0.4, 0.5) is 5.95 Å². The molecule has 7 heteroatoms. The van der Waals surface area contributed by atoms with Gasteiger partial charge in [-0.05, 0) is 43.0 Å². The SMILES string of the molecule is CCNC(=NCCc1ccc(OCC(C)C)cc1)N1CCN(c2ncccn2)CC1. The number of nitrogens with one attached hydrogen (secondary N) is 1.